The molecule has 0 rings (SSSR count). The highest BCUT2D eigenvalue weighted by atomic mass is 16.3. The maximum atomic E-state index is 8.21. The number of unbranched alkanes of at least 4 members (excludes halogenated alkanes) is 3. The molecule has 0 aliphatic carbocycles. The van der Waals surface area contributed by atoms with Gasteiger partial charge in [0.15, 0.2) is 0 Å². The zero-order valence-corrected chi connectivity index (χ0v) is 8.00. The first-order valence-corrected chi connectivity index (χ1v) is 4.66. The van der Waals surface area contributed by atoms with Gasteiger partial charge in [-0.25, -0.2) is 0 Å². The quantitative estimate of drug-likeness (QED) is 0.530. The molecule has 0 spiro atoms. The van der Waals surface area contributed by atoms with Crippen LogP contribution in [-0.2, 0) is 0 Å². The van der Waals surface area contributed by atoms with Crippen LogP contribution in [0.4, 0.5) is 0 Å². The molecule has 0 radical (unpaired) electrons. The smallest absolute Gasteiger partial charge is 0.0431 e. The fraction of sp³-hybridized carbons (Fsp3) is 1.00. The van der Waals surface area contributed by atoms with E-state index >= 15 is 0 Å². The molecule has 12 heavy (non-hydrogen) atoms. The molecule has 76 valence electrons. The van der Waals surface area contributed by atoms with Crippen LogP contribution >= 0.6 is 0 Å². The van der Waals surface area contributed by atoms with E-state index in [4.69, 9.17) is 15.3 Å². The van der Waals surface area contributed by atoms with E-state index in [0.29, 0.717) is 6.61 Å². The minimum atomic E-state index is 0.250. The van der Waals surface area contributed by atoms with Crippen LogP contribution in [-0.4, -0.2) is 35.1 Å². The van der Waals surface area contributed by atoms with E-state index in [-0.39, 0.29) is 13.2 Å². The van der Waals surface area contributed by atoms with Crippen LogP contribution in [0.3, 0.4) is 0 Å². The molecular weight excluding hydrogens is 156 g/mol. The number of aliphatic hydroxyl groups is 3. The van der Waals surface area contributed by atoms with Crippen molar-refractivity contribution < 1.29 is 15.3 Å². The zero-order chi connectivity index (χ0) is 9.66. The highest BCUT2D eigenvalue weighted by Crippen LogP contribution is 1.90. The van der Waals surface area contributed by atoms with Crippen molar-refractivity contribution in [1.29, 1.82) is 0 Å². The molecule has 0 heterocycles. The lowest BCUT2D eigenvalue weighted by Gasteiger charge is -1.90. The molecule has 0 atom stereocenters. The van der Waals surface area contributed by atoms with Crippen LogP contribution in [0.25, 0.3) is 0 Å². The maximum absolute atomic E-state index is 8.21. The molecule has 0 saturated carbocycles. The predicted octanol–water partition coefficient (Wildman–Crippen LogP) is 0.920. The molecule has 3 N–H and O–H groups in total. The molecule has 0 amide bonds. The zero-order valence-electron chi connectivity index (χ0n) is 8.00. The average molecular weight is 178 g/mol. The first-order chi connectivity index (χ1) is 5.83. The Kier molecular flexibility index (Phi) is 20.5. The lowest BCUT2D eigenvalue weighted by molar-refractivity contribution is 0.257. The Labute approximate surface area is 75.0 Å². The fourth-order valence-electron chi connectivity index (χ4n) is 0.558. The highest BCUT2D eigenvalue weighted by Gasteiger charge is 1.81. The third-order valence-corrected chi connectivity index (χ3v) is 1.33. The third-order valence-electron chi connectivity index (χ3n) is 1.33. The first kappa shape index (κ1) is 14.4. The summed E-state index contributed by atoms with van der Waals surface area (Å²) in [6.07, 6.45) is 4.62. The molecule has 0 unspecified atom stereocenters. The molecule has 0 aliphatic heterocycles. The van der Waals surface area contributed by atoms with Crippen LogP contribution in [0.5, 0.6) is 0 Å². The molecule has 3 nitrogen and oxygen atoms in total. The second kappa shape index (κ2) is 17.1. The van der Waals surface area contributed by atoms with Crippen molar-refractivity contribution in [2.75, 3.05) is 19.8 Å². The summed E-state index contributed by atoms with van der Waals surface area (Å²) >= 11 is 0. The van der Waals surface area contributed by atoms with Gasteiger partial charge in [-0.3, -0.25) is 0 Å². The van der Waals surface area contributed by atoms with Crippen molar-refractivity contribution >= 4 is 0 Å². The Hall–Kier alpha value is -0.120. The monoisotopic (exact) mass is 178 g/mol. The Balaban J connectivity index is 0. The topological polar surface area (TPSA) is 60.7 Å². The van der Waals surface area contributed by atoms with Crippen molar-refractivity contribution in [1.82, 2.24) is 0 Å². The van der Waals surface area contributed by atoms with Gasteiger partial charge >= 0.3 is 0 Å². The first-order valence-electron chi connectivity index (χ1n) is 4.66. The van der Waals surface area contributed by atoms with E-state index in [1.165, 1.54) is 0 Å². The molecular formula is C9H22O3. The van der Waals surface area contributed by atoms with Gasteiger partial charge in [0.05, 0.1) is 0 Å². The van der Waals surface area contributed by atoms with Gasteiger partial charge in [-0.05, 0) is 25.7 Å². The second-order valence-corrected chi connectivity index (χ2v) is 2.59. The van der Waals surface area contributed by atoms with Gasteiger partial charge in [-0.2, -0.15) is 0 Å². The summed E-state index contributed by atoms with van der Waals surface area (Å²) < 4.78 is 0. The number of aliphatic hydroxyl groups excluding tert-OH is 3. The summed E-state index contributed by atoms with van der Waals surface area (Å²) in [5.74, 6) is 0. The summed E-state index contributed by atoms with van der Waals surface area (Å²) in [4.78, 5) is 0. The van der Waals surface area contributed by atoms with Gasteiger partial charge in [-0.15, -0.1) is 0 Å². The third kappa shape index (κ3) is 22.5. The van der Waals surface area contributed by atoms with Gasteiger partial charge in [0.1, 0.15) is 0 Å². The molecule has 0 aromatic rings. The lowest BCUT2D eigenvalue weighted by Crippen LogP contribution is -1.85. The van der Waals surface area contributed by atoms with Crippen LogP contribution < -0.4 is 0 Å². The van der Waals surface area contributed by atoms with E-state index in [1.54, 1.807) is 0 Å². The summed E-state index contributed by atoms with van der Waals surface area (Å²) in [7, 11) is 0. The van der Waals surface area contributed by atoms with E-state index in [1.807, 2.05) is 0 Å². The molecule has 0 saturated heterocycles. The summed E-state index contributed by atoms with van der Waals surface area (Å²) in [6, 6.07) is 0. The van der Waals surface area contributed by atoms with E-state index in [0.717, 1.165) is 32.1 Å². The summed E-state index contributed by atoms with van der Waals surface area (Å²) in [5, 5.41) is 24.5. The normalized spacial score (nSPS) is 9.00. The second-order valence-electron chi connectivity index (χ2n) is 2.59. The molecule has 0 aromatic carbocycles. The van der Waals surface area contributed by atoms with Crippen molar-refractivity contribution in [2.45, 2.75) is 39.0 Å². The minimum absolute atomic E-state index is 0.250. The van der Waals surface area contributed by atoms with Crippen LogP contribution in [0.15, 0.2) is 0 Å². The number of hydrogen-bond donors (Lipinski definition) is 3. The van der Waals surface area contributed by atoms with Gasteiger partial charge in [0.2, 0.25) is 0 Å². The summed E-state index contributed by atoms with van der Waals surface area (Å²) in [6.45, 7) is 2.90. The Morgan fingerprint density at radius 2 is 1.08 bits per heavy atom. The van der Waals surface area contributed by atoms with Crippen LogP contribution in [0.2, 0.25) is 0 Å². The summed E-state index contributed by atoms with van der Waals surface area (Å²) in [5.41, 5.74) is 0. The van der Waals surface area contributed by atoms with Gasteiger partial charge in [0, 0.05) is 19.8 Å². The number of hydrogen-bond acceptors (Lipinski definition) is 3. The minimum Gasteiger partial charge on any atom is -0.396 e. The van der Waals surface area contributed by atoms with E-state index in [9.17, 15) is 0 Å². The molecule has 0 bridgehead atoms. The standard InChI is InChI=1S/C5H12O2.C4H10O/c6-4-2-1-3-5-7;1-2-3-4-5/h6-7H,1-5H2;5H,2-4H2,1H3. The van der Waals surface area contributed by atoms with Gasteiger partial charge in [0.25, 0.3) is 0 Å². The SMILES string of the molecule is CCCCO.OCCCCCO. The van der Waals surface area contributed by atoms with Crippen molar-refractivity contribution in [3.8, 4) is 0 Å². The Morgan fingerprint density at radius 1 is 0.667 bits per heavy atom. The number of rotatable bonds is 6. The molecule has 3 heteroatoms. The Bertz CT molecular complexity index is 51.7. The van der Waals surface area contributed by atoms with E-state index < -0.39 is 0 Å². The van der Waals surface area contributed by atoms with E-state index in [2.05, 4.69) is 6.92 Å². The molecule has 0 aliphatic rings. The highest BCUT2D eigenvalue weighted by molar-refractivity contribution is 4.35. The lowest BCUT2D eigenvalue weighted by atomic mass is 10.2. The van der Waals surface area contributed by atoms with Crippen LogP contribution in [0, 0.1) is 0 Å². The Morgan fingerprint density at radius 3 is 1.25 bits per heavy atom. The van der Waals surface area contributed by atoms with Crippen molar-refractivity contribution in [3.63, 3.8) is 0 Å². The van der Waals surface area contributed by atoms with Gasteiger partial charge in [-0.1, -0.05) is 13.3 Å². The predicted molar refractivity (Wildman–Crippen MR) is 50.0 cm³/mol. The van der Waals surface area contributed by atoms with Crippen molar-refractivity contribution in [3.05, 3.63) is 0 Å². The molecule has 0 fully saturated rings. The maximum Gasteiger partial charge on any atom is 0.0431 e. The van der Waals surface area contributed by atoms with Gasteiger partial charge < -0.3 is 15.3 Å². The largest absolute Gasteiger partial charge is 0.396 e. The molecule has 0 aromatic heterocycles. The fourth-order valence-corrected chi connectivity index (χ4v) is 0.558. The average Bonchev–Trinajstić information content (AvgIpc) is 2.08. The van der Waals surface area contributed by atoms with Crippen LogP contribution in [0.1, 0.15) is 39.0 Å². The van der Waals surface area contributed by atoms with Crippen molar-refractivity contribution in [2.24, 2.45) is 0 Å².